The van der Waals surface area contributed by atoms with Crippen LogP contribution in [0.4, 0.5) is 0 Å². The summed E-state index contributed by atoms with van der Waals surface area (Å²) < 4.78 is 7.56. The molecule has 0 saturated carbocycles. The van der Waals surface area contributed by atoms with Crippen LogP contribution >= 0.6 is 0 Å². The van der Waals surface area contributed by atoms with E-state index in [0.29, 0.717) is 11.7 Å². The van der Waals surface area contributed by atoms with Crippen LogP contribution in [0.15, 0.2) is 12.3 Å². The fourth-order valence-corrected chi connectivity index (χ4v) is 3.70. The van der Waals surface area contributed by atoms with Gasteiger partial charge in [0.1, 0.15) is 5.69 Å². The van der Waals surface area contributed by atoms with Gasteiger partial charge in [-0.15, -0.1) is 0 Å². The van der Waals surface area contributed by atoms with E-state index >= 15 is 0 Å². The smallest absolute Gasteiger partial charge is 0.271 e. The summed E-state index contributed by atoms with van der Waals surface area (Å²) in [7, 11) is 0. The zero-order chi connectivity index (χ0) is 18.4. The van der Waals surface area contributed by atoms with Crippen LogP contribution in [-0.4, -0.2) is 72.1 Å². The molecule has 1 amide bonds. The number of carbonyl (C=O) groups is 1. The van der Waals surface area contributed by atoms with Gasteiger partial charge in [-0.25, -0.2) is 0 Å². The van der Waals surface area contributed by atoms with Gasteiger partial charge in [-0.05, 0) is 52.1 Å². The molecule has 2 fully saturated rings. The van der Waals surface area contributed by atoms with Gasteiger partial charge in [0.15, 0.2) is 0 Å². The van der Waals surface area contributed by atoms with Crippen molar-refractivity contribution in [3.8, 4) is 0 Å². The number of likely N-dealkylation sites (tertiary alicyclic amines) is 1. The average molecular weight is 364 g/mol. The Morgan fingerprint density at radius 3 is 2.88 bits per heavy atom. The van der Waals surface area contributed by atoms with Crippen molar-refractivity contribution >= 4 is 5.91 Å². The summed E-state index contributed by atoms with van der Waals surface area (Å²) in [4.78, 5) is 14.9. The van der Waals surface area contributed by atoms with Crippen LogP contribution < -0.4 is 10.6 Å². The Morgan fingerprint density at radius 2 is 2.19 bits per heavy atom. The molecule has 3 heterocycles. The SMILES string of the molecule is CC(C)OCCN1CCC(NC(=O)c2ccn(C3CCCNC3)n2)CC1. The molecule has 0 aromatic carbocycles. The molecule has 0 radical (unpaired) electrons. The van der Waals surface area contributed by atoms with E-state index in [-0.39, 0.29) is 18.1 Å². The quantitative estimate of drug-likeness (QED) is 0.767. The topological polar surface area (TPSA) is 71.4 Å². The number of nitrogens with one attached hydrogen (secondary N) is 2. The molecule has 7 heteroatoms. The molecule has 7 nitrogen and oxygen atoms in total. The van der Waals surface area contributed by atoms with Crippen LogP contribution in [0.1, 0.15) is 56.1 Å². The van der Waals surface area contributed by atoms with Crippen molar-refractivity contribution in [1.82, 2.24) is 25.3 Å². The summed E-state index contributed by atoms with van der Waals surface area (Å²) in [5, 5.41) is 11.1. The summed E-state index contributed by atoms with van der Waals surface area (Å²) in [5.74, 6) is -0.0471. The van der Waals surface area contributed by atoms with E-state index in [2.05, 4.69) is 34.5 Å². The summed E-state index contributed by atoms with van der Waals surface area (Å²) in [6, 6.07) is 2.44. The third-order valence-electron chi connectivity index (χ3n) is 5.27. The van der Waals surface area contributed by atoms with E-state index in [0.717, 1.165) is 65.0 Å². The minimum absolute atomic E-state index is 0.0471. The standard InChI is InChI=1S/C19H33N5O2/c1-15(2)26-13-12-23-9-5-16(6-10-23)21-19(25)18-7-11-24(22-18)17-4-3-8-20-14-17/h7,11,15-17,20H,3-6,8-10,12-14H2,1-2H3,(H,21,25). The van der Waals surface area contributed by atoms with Crippen LogP contribution in [0.3, 0.4) is 0 Å². The molecule has 2 aliphatic rings. The Bertz CT molecular complexity index is 560. The zero-order valence-corrected chi connectivity index (χ0v) is 16.1. The van der Waals surface area contributed by atoms with Crippen LogP contribution in [0.5, 0.6) is 0 Å². The molecule has 2 N–H and O–H groups in total. The fraction of sp³-hybridized carbons (Fsp3) is 0.789. The maximum absolute atomic E-state index is 12.5. The fourth-order valence-electron chi connectivity index (χ4n) is 3.70. The zero-order valence-electron chi connectivity index (χ0n) is 16.1. The second-order valence-electron chi connectivity index (χ2n) is 7.69. The molecule has 2 saturated heterocycles. The minimum Gasteiger partial charge on any atom is -0.377 e. The predicted molar refractivity (Wildman–Crippen MR) is 101 cm³/mol. The maximum atomic E-state index is 12.5. The Hall–Kier alpha value is -1.44. The van der Waals surface area contributed by atoms with Gasteiger partial charge in [0.2, 0.25) is 0 Å². The molecule has 146 valence electrons. The lowest BCUT2D eigenvalue weighted by Crippen LogP contribution is -2.45. The van der Waals surface area contributed by atoms with E-state index in [1.807, 2.05) is 16.9 Å². The largest absolute Gasteiger partial charge is 0.377 e. The lowest BCUT2D eigenvalue weighted by Gasteiger charge is -2.32. The van der Waals surface area contributed by atoms with Gasteiger partial charge in [0.05, 0.1) is 18.8 Å². The number of nitrogens with zero attached hydrogens (tertiary/aromatic N) is 3. The second-order valence-corrected chi connectivity index (χ2v) is 7.69. The summed E-state index contributed by atoms with van der Waals surface area (Å²) in [5.41, 5.74) is 0.531. The highest BCUT2D eigenvalue weighted by Crippen LogP contribution is 2.16. The highest BCUT2D eigenvalue weighted by molar-refractivity contribution is 5.92. The average Bonchev–Trinajstić information content (AvgIpc) is 3.14. The Balaban J connectivity index is 1.41. The number of ether oxygens (including phenoxy) is 1. The molecule has 0 bridgehead atoms. The van der Waals surface area contributed by atoms with Gasteiger partial charge in [0.25, 0.3) is 5.91 Å². The van der Waals surface area contributed by atoms with Gasteiger partial charge >= 0.3 is 0 Å². The summed E-state index contributed by atoms with van der Waals surface area (Å²) in [6.07, 6.45) is 6.48. The first kappa shape index (κ1) is 19.3. The maximum Gasteiger partial charge on any atom is 0.271 e. The van der Waals surface area contributed by atoms with Gasteiger partial charge < -0.3 is 20.3 Å². The number of piperidine rings is 2. The molecule has 1 aromatic heterocycles. The number of carbonyl (C=O) groups excluding carboxylic acids is 1. The monoisotopic (exact) mass is 363 g/mol. The predicted octanol–water partition coefficient (Wildman–Crippen LogP) is 1.43. The van der Waals surface area contributed by atoms with Crippen LogP contribution in [-0.2, 0) is 4.74 Å². The lowest BCUT2D eigenvalue weighted by atomic mass is 10.0. The normalized spacial score (nSPS) is 22.7. The van der Waals surface area contributed by atoms with Crippen molar-refractivity contribution in [2.45, 2.75) is 57.7 Å². The van der Waals surface area contributed by atoms with Gasteiger partial charge in [-0.2, -0.15) is 5.10 Å². The van der Waals surface area contributed by atoms with Crippen molar-refractivity contribution in [1.29, 1.82) is 0 Å². The molecule has 1 aromatic rings. The number of hydrogen-bond donors (Lipinski definition) is 2. The molecule has 0 aliphatic carbocycles. The number of rotatable bonds is 7. The van der Waals surface area contributed by atoms with Crippen molar-refractivity contribution in [2.75, 3.05) is 39.3 Å². The van der Waals surface area contributed by atoms with Crippen molar-refractivity contribution in [2.24, 2.45) is 0 Å². The van der Waals surface area contributed by atoms with E-state index in [9.17, 15) is 4.79 Å². The highest BCUT2D eigenvalue weighted by Gasteiger charge is 2.23. The molecule has 3 rings (SSSR count). The lowest BCUT2D eigenvalue weighted by molar-refractivity contribution is 0.0520. The van der Waals surface area contributed by atoms with Crippen LogP contribution in [0.2, 0.25) is 0 Å². The van der Waals surface area contributed by atoms with E-state index in [1.165, 1.54) is 0 Å². The number of aromatic nitrogens is 2. The third kappa shape index (κ3) is 5.53. The highest BCUT2D eigenvalue weighted by atomic mass is 16.5. The molecule has 0 spiro atoms. The molecular formula is C19H33N5O2. The molecule has 2 aliphatic heterocycles. The van der Waals surface area contributed by atoms with Gasteiger partial charge in [0, 0.05) is 38.4 Å². The first-order valence-electron chi connectivity index (χ1n) is 10.0. The Morgan fingerprint density at radius 1 is 1.38 bits per heavy atom. The summed E-state index contributed by atoms with van der Waals surface area (Å²) in [6.45, 7) is 9.90. The molecule has 1 atom stereocenters. The van der Waals surface area contributed by atoms with E-state index < -0.39 is 0 Å². The summed E-state index contributed by atoms with van der Waals surface area (Å²) >= 11 is 0. The van der Waals surface area contributed by atoms with Crippen molar-refractivity contribution in [3.05, 3.63) is 18.0 Å². The van der Waals surface area contributed by atoms with Crippen molar-refractivity contribution < 1.29 is 9.53 Å². The third-order valence-corrected chi connectivity index (χ3v) is 5.27. The minimum atomic E-state index is -0.0471. The Labute approximate surface area is 156 Å². The van der Waals surface area contributed by atoms with Gasteiger partial charge in [-0.1, -0.05) is 0 Å². The van der Waals surface area contributed by atoms with Gasteiger partial charge in [-0.3, -0.25) is 9.48 Å². The first-order valence-corrected chi connectivity index (χ1v) is 10.0. The second kappa shape index (κ2) is 9.48. The number of amides is 1. The van der Waals surface area contributed by atoms with Crippen molar-refractivity contribution in [3.63, 3.8) is 0 Å². The molecule has 26 heavy (non-hydrogen) atoms. The van der Waals surface area contributed by atoms with E-state index in [1.54, 1.807) is 0 Å². The molecular weight excluding hydrogens is 330 g/mol. The number of hydrogen-bond acceptors (Lipinski definition) is 5. The van der Waals surface area contributed by atoms with E-state index in [4.69, 9.17) is 4.74 Å². The first-order chi connectivity index (χ1) is 12.6. The Kier molecular flexibility index (Phi) is 7.05. The van der Waals surface area contributed by atoms with Crippen LogP contribution in [0.25, 0.3) is 0 Å². The molecule has 1 unspecified atom stereocenters. The van der Waals surface area contributed by atoms with Crippen LogP contribution in [0, 0.1) is 0 Å².